The van der Waals surface area contributed by atoms with Gasteiger partial charge in [0.15, 0.2) is 12.4 Å². The van der Waals surface area contributed by atoms with Crippen LogP contribution in [0.25, 0.3) is 10.4 Å². The van der Waals surface area contributed by atoms with Gasteiger partial charge in [-0.1, -0.05) is 17.8 Å². The minimum absolute atomic E-state index is 0.0530. The number of hydrogen-bond acceptors (Lipinski definition) is 11. The zero-order valence-electron chi connectivity index (χ0n) is 21.9. The summed E-state index contributed by atoms with van der Waals surface area (Å²) in [7, 11) is 0. The van der Waals surface area contributed by atoms with Crippen molar-refractivity contribution in [1.82, 2.24) is 4.98 Å². The van der Waals surface area contributed by atoms with Gasteiger partial charge in [0, 0.05) is 22.4 Å². The lowest BCUT2D eigenvalue weighted by atomic mass is 10.0. The number of imide groups is 1. The Bertz CT molecular complexity index is 1850. The van der Waals surface area contributed by atoms with Crippen LogP contribution < -0.4 is 10.6 Å². The van der Waals surface area contributed by atoms with E-state index in [1.165, 1.54) is 47.7 Å². The summed E-state index contributed by atoms with van der Waals surface area (Å²) in [5.74, 6) is -2.96. The number of ketones is 1. The minimum Gasteiger partial charge on any atom is -0.454 e. The van der Waals surface area contributed by atoms with Crippen LogP contribution in [0.4, 0.5) is 15.9 Å². The molecule has 2 aromatic heterocycles. The molecule has 1 aliphatic heterocycles. The van der Waals surface area contributed by atoms with E-state index in [0.717, 1.165) is 28.8 Å². The average molecular weight is 612 g/mol. The highest BCUT2D eigenvalue weighted by atomic mass is 32.2. The highest BCUT2D eigenvalue weighted by Crippen LogP contribution is 2.41. The fraction of sp³-hybridized carbons (Fsp3) is 0.100. The number of carbonyl (C=O) groups excluding carboxylic acids is 4. The van der Waals surface area contributed by atoms with Crippen LogP contribution in [0, 0.1) is 28.5 Å². The monoisotopic (exact) mass is 611 g/mol. The summed E-state index contributed by atoms with van der Waals surface area (Å²) in [5.41, 5.74) is 6.98. The van der Waals surface area contributed by atoms with E-state index < -0.39 is 41.2 Å². The van der Waals surface area contributed by atoms with Crippen LogP contribution in [0.15, 0.2) is 71.1 Å². The van der Waals surface area contributed by atoms with E-state index >= 15 is 0 Å². The van der Waals surface area contributed by atoms with Crippen molar-refractivity contribution in [2.24, 2.45) is 0 Å². The lowest BCUT2D eigenvalue weighted by Gasteiger charge is -2.16. The van der Waals surface area contributed by atoms with Gasteiger partial charge in [-0.2, -0.15) is 10.5 Å². The largest absolute Gasteiger partial charge is 0.454 e. The van der Waals surface area contributed by atoms with Crippen LogP contribution in [0.2, 0.25) is 0 Å². The maximum Gasteiger partial charge on any atom is 0.338 e. The first-order valence-corrected chi connectivity index (χ1v) is 14.2. The molecule has 43 heavy (non-hydrogen) atoms. The molecule has 1 fully saturated rings. The molecule has 10 nitrogen and oxygen atoms in total. The third kappa shape index (κ3) is 5.85. The molecule has 0 saturated carbocycles. The highest BCUT2D eigenvalue weighted by Gasteiger charge is 2.41. The van der Waals surface area contributed by atoms with E-state index in [9.17, 15) is 34.1 Å². The molecule has 1 saturated heterocycles. The standard InChI is InChI=1S/C30H18FN5O5S2/c31-18-7-3-16(4-8-18)22(37)15-41-30(40)17-5-9-19(10-6-17)36-25(38)12-24(29(36)39)43-28-21(14-33)26(23-2-1-11-42-23)20(13-32)27(34)35-28/h1-11,24H,12,15H2,(H2,34,35). The molecular formula is C30H18FN5O5S2. The molecule has 1 atom stereocenters. The molecule has 4 aromatic rings. The summed E-state index contributed by atoms with van der Waals surface area (Å²) in [6.45, 7) is -0.555. The summed E-state index contributed by atoms with van der Waals surface area (Å²) in [6.07, 6.45) is -0.181. The van der Waals surface area contributed by atoms with Crippen molar-refractivity contribution in [3.8, 4) is 22.6 Å². The number of amides is 2. The number of halogens is 1. The van der Waals surface area contributed by atoms with Gasteiger partial charge in [-0.05, 0) is 60.0 Å². The van der Waals surface area contributed by atoms with Crippen LogP contribution in [-0.4, -0.2) is 40.4 Å². The van der Waals surface area contributed by atoms with Gasteiger partial charge in [0.2, 0.25) is 11.8 Å². The van der Waals surface area contributed by atoms with Gasteiger partial charge in [-0.3, -0.25) is 14.4 Å². The molecule has 1 unspecified atom stereocenters. The van der Waals surface area contributed by atoms with Crippen LogP contribution in [-0.2, 0) is 14.3 Å². The fourth-order valence-electron chi connectivity index (χ4n) is 4.33. The molecule has 212 valence electrons. The molecular weight excluding hydrogens is 593 g/mol. The molecule has 0 bridgehead atoms. The molecule has 0 spiro atoms. The number of anilines is 2. The van der Waals surface area contributed by atoms with Crippen molar-refractivity contribution < 1.29 is 28.3 Å². The zero-order chi connectivity index (χ0) is 30.7. The van der Waals surface area contributed by atoms with Crippen LogP contribution >= 0.6 is 23.1 Å². The number of nitrogen functional groups attached to an aromatic ring is 1. The number of Topliss-reactive ketones (excluding diaryl/α,β-unsaturated/α-hetero) is 1. The first-order valence-electron chi connectivity index (χ1n) is 12.5. The van der Waals surface area contributed by atoms with Gasteiger partial charge in [0.05, 0.1) is 22.1 Å². The van der Waals surface area contributed by atoms with Crippen molar-refractivity contribution in [2.45, 2.75) is 16.7 Å². The van der Waals surface area contributed by atoms with Gasteiger partial charge >= 0.3 is 5.97 Å². The Morgan fingerprint density at radius 1 is 1.05 bits per heavy atom. The Morgan fingerprint density at radius 3 is 2.35 bits per heavy atom. The summed E-state index contributed by atoms with van der Waals surface area (Å²) in [6, 6.07) is 17.9. The number of thiophene rings is 1. The Morgan fingerprint density at radius 2 is 1.72 bits per heavy atom. The normalized spacial score (nSPS) is 14.3. The van der Waals surface area contributed by atoms with Crippen LogP contribution in [0.3, 0.4) is 0 Å². The molecule has 0 aliphatic carbocycles. The molecule has 1 aliphatic rings. The molecule has 13 heteroatoms. The smallest absolute Gasteiger partial charge is 0.338 e. The van der Waals surface area contributed by atoms with Gasteiger partial charge in [0.25, 0.3) is 0 Å². The second-order valence-electron chi connectivity index (χ2n) is 9.06. The highest BCUT2D eigenvalue weighted by molar-refractivity contribution is 8.00. The Hall–Kier alpha value is -5.37. The molecule has 2 aromatic carbocycles. The zero-order valence-corrected chi connectivity index (χ0v) is 23.6. The Kier molecular flexibility index (Phi) is 8.29. The van der Waals surface area contributed by atoms with Gasteiger partial charge in [-0.15, -0.1) is 11.3 Å². The maximum absolute atomic E-state index is 13.3. The quantitative estimate of drug-likeness (QED) is 0.167. The van der Waals surface area contributed by atoms with E-state index in [1.807, 2.05) is 6.07 Å². The number of aromatic nitrogens is 1. The SMILES string of the molecule is N#Cc1c(N)nc(SC2CC(=O)N(c3ccc(C(=O)OCC(=O)c4ccc(F)cc4)cc3)C2=O)c(C#N)c1-c1cccs1. The number of carbonyl (C=O) groups is 4. The number of nitriles is 2. The summed E-state index contributed by atoms with van der Waals surface area (Å²) < 4.78 is 18.1. The van der Waals surface area contributed by atoms with Crippen LogP contribution in [0.1, 0.15) is 38.3 Å². The van der Waals surface area contributed by atoms with Crippen LogP contribution in [0.5, 0.6) is 0 Å². The van der Waals surface area contributed by atoms with Crippen molar-refractivity contribution in [2.75, 3.05) is 17.2 Å². The van der Waals surface area contributed by atoms with E-state index in [1.54, 1.807) is 17.5 Å². The van der Waals surface area contributed by atoms with Gasteiger partial charge < -0.3 is 10.5 Å². The number of esters is 1. The summed E-state index contributed by atoms with van der Waals surface area (Å²) in [4.78, 5) is 56.7. The first kappa shape index (κ1) is 29.1. The van der Waals surface area contributed by atoms with E-state index in [2.05, 4.69) is 11.1 Å². The van der Waals surface area contributed by atoms with E-state index in [0.29, 0.717) is 10.4 Å². The van der Waals surface area contributed by atoms with Gasteiger partial charge in [0.1, 0.15) is 34.4 Å². The predicted octanol–water partition coefficient (Wildman–Crippen LogP) is 4.74. The maximum atomic E-state index is 13.3. The first-order chi connectivity index (χ1) is 20.7. The number of rotatable bonds is 8. The predicted molar refractivity (Wildman–Crippen MR) is 156 cm³/mol. The number of nitrogens with zero attached hydrogens (tertiary/aromatic N) is 4. The third-order valence-electron chi connectivity index (χ3n) is 6.40. The second kappa shape index (κ2) is 12.2. The number of nitrogens with two attached hydrogens (primary N) is 1. The minimum atomic E-state index is -0.919. The summed E-state index contributed by atoms with van der Waals surface area (Å²) >= 11 is 2.23. The van der Waals surface area contributed by atoms with Crippen molar-refractivity contribution in [1.29, 1.82) is 10.5 Å². The molecule has 2 amide bonds. The summed E-state index contributed by atoms with van der Waals surface area (Å²) in [5, 5.41) is 20.6. The molecule has 5 rings (SSSR count). The van der Waals surface area contributed by atoms with Crippen molar-refractivity contribution in [3.05, 3.63) is 94.1 Å². The number of pyridine rings is 1. The topological polar surface area (TPSA) is 167 Å². The van der Waals surface area contributed by atoms with Crippen molar-refractivity contribution in [3.63, 3.8) is 0 Å². The number of benzene rings is 2. The van der Waals surface area contributed by atoms with Gasteiger partial charge in [-0.25, -0.2) is 19.1 Å². The Labute approximate surface area is 252 Å². The number of ether oxygens (including phenoxy) is 1. The van der Waals surface area contributed by atoms with Crippen molar-refractivity contribution >= 4 is 58.2 Å². The molecule has 0 radical (unpaired) electrons. The van der Waals surface area contributed by atoms with E-state index in [4.69, 9.17) is 10.5 Å². The number of thioether (sulfide) groups is 1. The lowest BCUT2D eigenvalue weighted by Crippen LogP contribution is -2.31. The average Bonchev–Trinajstić information content (AvgIpc) is 3.63. The second-order valence-corrected chi connectivity index (χ2v) is 11.2. The molecule has 3 heterocycles. The Balaban J connectivity index is 1.30. The fourth-order valence-corrected chi connectivity index (χ4v) is 6.23. The van der Waals surface area contributed by atoms with E-state index in [-0.39, 0.29) is 45.2 Å². The molecule has 2 N–H and O–H groups in total. The lowest BCUT2D eigenvalue weighted by molar-refractivity contribution is -0.121. The number of hydrogen-bond donors (Lipinski definition) is 1. The third-order valence-corrected chi connectivity index (χ3v) is 8.46.